The highest BCUT2D eigenvalue weighted by Gasteiger charge is 2.08. The van der Waals surface area contributed by atoms with Gasteiger partial charge in [0.25, 0.3) is 0 Å². The average Bonchev–Trinajstić information content (AvgIpc) is 2.79. The first kappa shape index (κ1) is 10.0. The van der Waals surface area contributed by atoms with Crippen LogP contribution in [-0.4, -0.2) is 11.2 Å². The maximum Gasteiger partial charge on any atom is 0.219 e. The second kappa shape index (κ2) is 4.01. The third-order valence-corrected chi connectivity index (χ3v) is 2.70. The van der Waals surface area contributed by atoms with E-state index in [1.807, 2.05) is 43.5 Å². The lowest BCUT2D eigenvalue weighted by Gasteiger charge is -2.06. The van der Waals surface area contributed by atoms with Gasteiger partial charge in [0.15, 0.2) is 0 Å². The standard InChI is InChI=1S/C14H12N2O/c1-10-2-5-14(16-9-10)17-12-3-4-13-11(8-12)6-7-15-13/h2-5,7-9H,6H2,1H3. The lowest BCUT2D eigenvalue weighted by atomic mass is 10.1. The van der Waals surface area contributed by atoms with Crippen molar-refractivity contribution in [1.29, 1.82) is 0 Å². The van der Waals surface area contributed by atoms with Crippen LogP contribution in [0.5, 0.6) is 11.6 Å². The molecule has 17 heavy (non-hydrogen) atoms. The molecule has 1 aromatic carbocycles. The number of aryl methyl sites for hydroxylation is 1. The Balaban J connectivity index is 1.84. The van der Waals surface area contributed by atoms with Crippen molar-refractivity contribution < 1.29 is 4.74 Å². The number of aromatic nitrogens is 1. The Labute approximate surface area is 99.8 Å². The number of hydrogen-bond donors (Lipinski definition) is 0. The maximum atomic E-state index is 5.69. The monoisotopic (exact) mass is 224 g/mol. The van der Waals surface area contributed by atoms with Crippen LogP contribution >= 0.6 is 0 Å². The van der Waals surface area contributed by atoms with Gasteiger partial charge in [0.05, 0.1) is 5.69 Å². The Morgan fingerprint density at radius 3 is 2.94 bits per heavy atom. The molecule has 0 unspecified atom stereocenters. The summed E-state index contributed by atoms with van der Waals surface area (Å²) in [5, 5.41) is 0. The van der Waals surface area contributed by atoms with Crippen molar-refractivity contribution in [3.63, 3.8) is 0 Å². The fraction of sp³-hybridized carbons (Fsp3) is 0.143. The van der Waals surface area contributed by atoms with Crippen molar-refractivity contribution in [1.82, 2.24) is 4.98 Å². The van der Waals surface area contributed by atoms with Gasteiger partial charge in [-0.1, -0.05) is 6.07 Å². The lowest BCUT2D eigenvalue weighted by molar-refractivity contribution is 0.462. The second-order valence-electron chi connectivity index (χ2n) is 4.08. The molecule has 0 radical (unpaired) electrons. The Morgan fingerprint density at radius 1 is 1.18 bits per heavy atom. The van der Waals surface area contributed by atoms with E-state index in [1.54, 1.807) is 6.20 Å². The minimum Gasteiger partial charge on any atom is -0.439 e. The van der Waals surface area contributed by atoms with Gasteiger partial charge in [-0.25, -0.2) is 4.98 Å². The molecule has 0 spiro atoms. The summed E-state index contributed by atoms with van der Waals surface area (Å²) >= 11 is 0. The molecular formula is C14H12N2O. The molecule has 0 saturated carbocycles. The molecule has 3 heteroatoms. The van der Waals surface area contributed by atoms with Gasteiger partial charge in [0.2, 0.25) is 5.88 Å². The molecule has 0 amide bonds. The van der Waals surface area contributed by atoms with Crippen molar-refractivity contribution in [2.75, 3.05) is 0 Å². The molecule has 84 valence electrons. The molecule has 2 aromatic rings. The summed E-state index contributed by atoms with van der Waals surface area (Å²) in [7, 11) is 0. The van der Waals surface area contributed by atoms with Crippen LogP contribution in [0, 0.1) is 6.92 Å². The largest absolute Gasteiger partial charge is 0.439 e. The van der Waals surface area contributed by atoms with E-state index >= 15 is 0 Å². The molecule has 1 aliphatic rings. The highest BCUT2D eigenvalue weighted by atomic mass is 16.5. The number of aliphatic imine (C=N–C) groups is 1. The summed E-state index contributed by atoms with van der Waals surface area (Å²) in [6, 6.07) is 9.77. The predicted octanol–water partition coefficient (Wildman–Crippen LogP) is 3.44. The predicted molar refractivity (Wildman–Crippen MR) is 67.3 cm³/mol. The van der Waals surface area contributed by atoms with Gasteiger partial charge in [-0.3, -0.25) is 4.99 Å². The third-order valence-electron chi connectivity index (χ3n) is 2.70. The third kappa shape index (κ3) is 2.04. The molecule has 0 atom stereocenters. The topological polar surface area (TPSA) is 34.5 Å². The summed E-state index contributed by atoms with van der Waals surface area (Å²) in [4.78, 5) is 8.48. The Morgan fingerprint density at radius 2 is 2.12 bits per heavy atom. The number of hydrogen-bond acceptors (Lipinski definition) is 3. The van der Waals surface area contributed by atoms with Crippen LogP contribution in [0.25, 0.3) is 0 Å². The van der Waals surface area contributed by atoms with Gasteiger partial charge in [0.1, 0.15) is 5.75 Å². The molecule has 3 nitrogen and oxygen atoms in total. The van der Waals surface area contributed by atoms with E-state index in [4.69, 9.17) is 4.74 Å². The van der Waals surface area contributed by atoms with E-state index in [9.17, 15) is 0 Å². The SMILES string of the molecule is Cc1ccc(Oc2ccc3c(c2)CC=N3)nc1. The van der Waals surface area contributed by atoms with Crippen LogP contribution in [-0.2, 0) is 6.42 Å². The molecule has 2 heterocycles. The van der Waals surface area contributed by atoms with E-state index in [0.717, 1.165) is 23.4 Å². The summed E-state index contributed by atoms with van der Waals surface area (Å²) < 4.78 is 5.69. The zero-order valence-corrected chi connectivity index (χ0v) is 9.55. The summed E-state index contributed by atoms with van der Waals surface area (Å²) in [5.41, 5.74) is 3.36. The molecule has 0 saturated heterocycles. The number of rotatable bonds is 2. The minimum atomic E-state index is 0.620. The van der Waals surface area contributed by atoms with Crippen molar-refractivity contribution in [3.05, 3.63) is 47.7 Å². The molecule has 0 fully saturated rings. The van der Waals surface area contributed by atoms with E-state index in [1.165, 1.54) is 5.56 Å². The quantitative estimate of drug-likeness (QED) is 0.783. The van der Waals surface area contributed by atoms with Crippen LogP contribution in [0.3, 0.4) is 0 Å². The molecule has 1 aromatic heterocycles. The van der Waals surface area contributed by atoms with Crippen LogP contribution in [0.4, 0.5) is 5.69 Å². The fourth-order valence-corrected chi connectivity index (χ4v) is 1.79. The molecule has 0 aliphatic carbocycles. The fourth-order valence-electron chi connectivity index (χ4n) is 1.79. The van der Waals surface area contributed by atoms with Crippen molar-refractivity contribution in [2.45, 2.75) is 13.3 Å². The Kier molecular flexibility index (Phi) is 2.37. The molecule has 0 N–H and O–H groups in total. The smallest absolute Gasteiger partial charge is 0.219 e. The van der Waals surface area contributed by atoms with Gasteiger partial charge >= 0.3 is 0 Å². The first-order chi connectivity index (χ1) is 8.31. The first-order valence-corrected chi connectivity index (χ1v) is 5.57. The van der Waals surface area contributed by atoms with Crippen LogP contribution < -0.4 is 4.74 Å². The van der Waals surface area contributed by atoms with Gasteiger partial charge in [-0.15, -0.1) is 0 Å². The summed E-state index contributed by atoms with van der Waals surface area (Å²) in [5.74, 6) is 1.43. The molecule has 0 bridgehead atoms. The van der Waals surface area contributed by atoms with E-state index in [2.05, 4.69) is 9.98 Å². The molecule has 3 rings (SSSR count). The Hall–Kier alpha value is -2.16. The number of fused-ring (bicyclic) bond motifs is 1. The normalized spacial score (nSPS) is 12.5. The number of nitrogens with zero attached hydrogens (tertiary/aromatic N) is 2. The van der Waals surface area contributed by atoms with Crippen LogP contribution in [0.1, 0.15) is 11.1 Å². The number of benzene rings is 1. The van der Waals surface area contributed by atoms with Gasteiger partial charge in [0, 0.05) is 24.9 Å². The zero-order chi connectivity index (χ0) is 11.7. The van der Waals surface area contributed by atoms with Gasteiger partial charge in [-0.2, -0.15) is 0 Å². The van der Waals surface area contributed by atoms with Crippen molar-refractivity contribution >= 4 is 11.9 Å². The molecule has 1 aliphatic heterocycles. The Bertz CT molecular complexity index is 573. The summed E-state index contributed by atoms with van der Waals surface area (Å²) in [6.07, 6.45) is 4.60. The lowest BCUT2D eigenvalue weighted by Crippen LogP contribution is -1.89. The maximum absolute atomic E-state index is 5.69. The van der Waals surface area contributed by atoms with Gasteiger partial charge in [-0.05, 0) is 36.2 Å². The van der Waals surface area contributed by atoms with E-state index in [-0.39, 0.29) is 0 Å². The van der Waals surface area contributed by atoms with Crippen molar-refractivity contribution in [2.24, 2.45) is 4.99 Å². The number of ether oxygens (including phenoxy) is 1. The van der Waals surface area contributed by atoms with Crippen LogP contribution in [0.15, 0.2) is 41.5 Å². The van der Waals surface area contributed by atoms with E-state index < -0.39 is 0 Å². The minimum absolute atomic E-state index is 0.620. The zero-order valence-electron chi connectivity index (χ0n) is 9.55. The van der Waals surface area contributed by atoms with Crippen molar-refractivity contribution in [3.8, 4) is 11.6 Å². The van der Waals surface area contributed by atoms with E-state index in [0.29, 0.717) is 5.88 Å². The summed E-state index contributed by atoms with van der Waals surface area (Å²) in [6.45, 7) is 2.00. The average molecular weight is 224 g/mol. The second-order valence-corrected chi connectivity index (χ2v) is 4.08. The highest BCUT2D eigenvalue weighted by molar-refractivity contribution is 5.76. The van der Waals surface area contributed by atoms with Crippen LogP contribution in [0.2, 0.25) is 0 Å². The molecular weight excluding hydrogens is 212 g/mol. The number of pyridine rings is 1. The highest BCUT2D eigenvalue weighted by Crippen LogP contribution is 2.29. The van der Waals surface area contributed by atoms with Gasteiger partial charge < -0.3 is 4.74 Å². The first-order valence-electron chi connectivity index (χ1n) is 5.57.